The molecule has 1 rings (SSSR count). The maximum atomic E-state index is 11.7. The zero-order chi connectivity index (χ0) is 13.1. The number of ether oxygens (including phenoxy) is 1. The van der Waals surface area contributed by atoms with Gasteiger partial charge >= 0.3 is 5.97 Å². The molecule has 1 N–H and O–H groups in total. The molecule has 1 aliphatic rings. The molecule has 1 heterocycles. The highest BCUT2D eigenvalue weighted by Gasteiger charge is 2.19. The minimum Gasteiger partial charge on any atom is -0.457 e. The Morgan fingerprint density at radius 2 is 1.88 bits per heavy atom. The summed E-state index contributed by atoms with van der Waals surface area (Å²) in [6, 6.07) is 0. The Labute approximate surface area is 103 Å². The van der Waals surface area contributed by atoms with Gasteiger partial charge in [-0.3, -0.25) is 0 Å². The third-order valence-corrected chi connectivity index (χ3v) is 2.60. The summed E-state index contributed by atoms with van der Waals surface area (Å²) >= 11 is 0. The molecule has 17 heavy (non-hydrogen) atoms. The SMILES string of the molecule is CC(=CN1CCC(O)CC1)C(=O)OC(C)(C)C. The molecular formula is C13H23NO3. The Balaban J connectivity index is 2.51. The number of hydrogen-bond acceptors (Lipinski definition) is 4. The first-order valence-corrected chi connectivity index (χ1v) is 6.12. The Hall–Kier alpha value is -1.03. The lowest BCUT2D eigenvalue weighted by Gasteiger charge is -2.29. The fraction of sp³-hybridized carbons (Fsp3) is 0.769. The van der Waals surface area contributed by atoms with E-state index in [1.165, 1.54) is 0 Å². The van der Waals surface area contributed by atoms with Crippen LogP contribution >= 0.6 is 0 Å². The van der Waals surface area contributed by atoms with Crippen LogP contribution in [-0.2, 0) is 9.53 Å². The van der Waals surface area contributed by atoms with E-state index >= 15 is 0 Å². The molecule has 4 heteroatoms. The van der Waals surface area contributed by atoms with Crippen molar-refractivity contribution in [3.63, 3.8) is 0 Å². The third kappa shape index (κ3) is 5.22. The van der Waals surface area contributed by atoms with Crippen molar-refractivity contribution in [3.05, 3.63) is 11.8 Å². The fourth-order valence-electron chi connectivity index (χ4n) is 1.70. The second-order valence-corrected chi connectivity index (χ2v) is 5.58. The van der Waals surface area contributed by atoms with Gasteiger partial charge in [-0.25, -0.2) is 4.79 Å². The molecule has 1 saturated heterocycles. The molecule has 0 radical (unpaired) electrons. The summed E-state index contributed by atoms with van der Waals surface area (Å²) in [6.45, 7) is 8.92. The van der Waals surface area contributed by atoms with E-state index in [0.29, 0.717) is 5.57 Å². The predicted molar refractivity (Wildman–Crippen MR) is 66.4 cm³/mol. The number of carbonyl (C=O) groups is 1. The Kier molecular flexibility index (Phi) is 4.57. The molecule has 0 aliphatic carbocycles. The lowest BCUT2D eigenvalue weighted by molar-refractivity contribution is -0.149. The normalized spacial score (nSPS) is 19.4. The largest absolute Gasteiger partial charge is 0.457 e. The van der Waals surface area contributed by atoms with Crippen LogP contribution in [0.15, 0.2) is 11.8 Å². The van der Waals surface area contributed by atoms with E-state index < -0.39 is 5.60 Å². The Morgan fingerprint density at radius 1 is 1.35 bits per heavy atom. The Bertz CT molecular complexity index is 296. The molecule has 0 spiro atoms. The number of rotatable bonds is 2. The zero-order valence-electron chi connectivity index (χ0n) is 11.2. The molecule has 4 nitrogen and oxygen atoms in total. The highest BCUT2D eigenvalue weighted by molar-refractivity contribution is 5.87. The quantitative estimate of drug-likeness (QED) is 0.590. The van der Waals surface area contributed by atoms with Crippen molar-refractivity contribution >= 4 is 5.97 Å². The summed E-state index contributed by atoms with van der Waals surface area (Å²) in [7, 11) is 0. The first kappa shape index (κ1) is 14.0. The van der Waals surface area contributed by atoms with Crippen molar-refractivity contribution in [1.29, 1.82) is 0 Å². The smallest absolute Gasteiger partial charge is 0.335 e. The van der Waals surface area contributed by atoms with Crippen LogP contribution in [0.3, 0.4) is 0 Å². The van der Waals surface area contributed by atoms with Crippen molar-refractivity contribution in [2.45, 2.75) is 52.2 Å². The predicted octanol–water partition coefficient (Wildman–Crippen LogP) is 1.69. The second-order valence-electron chi connectivity index (χ2n) is 5.58. The van der Waals surface area contributed by atoms with Crippen LogP contribution in [0, 0.1) is 0 Å². The van der Waals surface area contributed by atoms with Crippen LogP contribution in [0.5, 0.6) is 0 Å². The molecule has 0 saturated carbocycles. The molecule has 0 bridgehead atoms. The molecular weight excluding hydrogens is 218 g/mol. The van der Waals surface area contributed by atoms with Crippen LogP contribution in [0.25, 0.3) is 0 Å². The van der Waals surface area contributed by atoms with Crippen LogP contribution in [0.2, 0.25) is 0 Å². The molecule has 0 unspecified atom stereocenters. The molecule has 0 aromatic rings. The van der Waals surface area contributed by atoms with E-state index in [0.717, 1.165) is 25.9 Å². The summed E-state index contributed by atoms with van der Waals surface area (Å²) in [5, 5.41) is 9.38. The lowest BCUT2D eigenvalue weighted by atomic mass is 10.1. The summed E-state index contributed by atoms with van der Waals surface area (Å²) in [5.74, 6) is -0.274. The van der Waals surface area contributed by atoms with Crippen molar-refractivity contribution in [3.8, 4) is 0 Å². The van der Waals surface area contributed by atoms with Gasteiger partial charge in [0.1, 0.15) is 5.60 Å². The number of aliphatic hydroxyl groups is 1. The highest BCUT2D eigenvalue weighted by Crippen LogP contribution is 2.14. The second kappa shape index (κ2) is 5.54. The summed E-state index contributed by atoms with van der Waals surface area (Å²) < 4.78 is 5.28. The zero-order valence-corrected chi connectivity index (χ0v) is 11.2. The van der Waals surface area contributed by atoms with Gasteiger partial charge in [-0.15, -0.1) is 0 Å². The highest BCUT2D eigenvalue weighted by atomic mass is 16.6. The van der Waals surface area contributed by atoms with Crippen LogP contribution in [0.4, 0.5) is 0 Å². The fourth-order valence-corrected chi connectivity index (χ4v) is 1.70. The molecule has 1 aliphatic heterocycles. The van der Waals surface area contributed by atoms with E-state index in [2.05, 4.69) is 4.90 Å². The van der Waals surface area contributed by atoms with E-state index in [1.54, 1.807) is 6.92 Å². The maximum absolute atomic E-state index is 11.7. The summed E-state index contributed by atoms with van der Waals surface area (Å²) in [4.78, 5) is 13.8. The van der Waals surface area contributed by atoms with Gasteiger partial charge in [-0.2, -0.15) is 0 Å². The van der Waals surface area contributed by atoms with Gasteiger partial charge in [-0.1, -0.05) is 0 Å². The molecule has 0 aromatic heterocycles. The number of hydrogen-bond donors (Lipinski definition) is 1. The first-order chi connectivity index (χ1) is 7.78. The summed E-state index contributed by atoms with van der Waals surface area (Å²) in [6.07, 6.45) is 3.16. The topological polar surface area (TPSA) is 49.8 Å². The van der Waals surface area contributed by atoms with Crippen molar-refractivity contribution in [2.75, 3.05) is 13.1 Å². The van der Waals surface area contributed by atoms with Gasteiger partial charge in [0.2, 0.25) is 0 Å². The number of piperidine rings is 1. The monoisotopic (exact) mass is 241 g/mol. The van der Waals surface area contributed by atoms with Gasteiger partial charge in [0.25, 0.3) is 0 Å². The number of aliphatic hydroxyl groups excluding tert-OH is 1. The van der Waals surface area contributed by atoms with Gasteiger partial charge in [0, 0.05) is 24.9 Å². The number of likely N-dealkylation sites (tertiary alicyclic amines) is 1. The lowest BCUT2D eigenvalue weighted by Crippen LogP contribution is -2.33. The number of nitrogens with zero attached hydrogens (tertiary/aromatic N) is 1. The van der Waals surface area contributed by atoms with Gasteiger partial charge in [-0.05, 0) is 40.5 Å². The molecule has 0 aromatic carbocycles. The van der Waals surface area contributed by atoms with Crippen LogP contribution in [0.1, 0.15) is 40.5 Å². The first-order valence-electron chi connectivity index (χ1n) is 6.12. The van der Waals surface area contributed by atoms with Crippen molar-refractivity contribution in [2.24, 2.45) is 0 Å². The van der Waals surface area contributed by atoms with E-state index in [-0.39, 0.29) is 12.1 Å². The van der Waals surface area contributed by atoms with Crippen molar-refractivity contribution in [1.82, 2.24) is 4.90 Å². The van der Waals surface area contributed by atoms with Crippen LogP contribution in [-0.4, -0.2) is 40.8 Å². The van der Waals surface area contributed by atoms with Crippen LogP contribution < -0.4 is 0 Å². The minimum absolute atomic E-state index is 0.193. The molecule has 0 atom stereocenters. The molecule has 1 fully saturated rings. The average Bonchev–Trinajstić information content (AvgIpc) is 2.19. The molecule has 0 amide bonds. The van der Waals surface area contributed by atoms with E-state index in [4.69, 9.17) is 4.74 Å². The van der Waals surface area contributed by atoms with Gasteiger partial charge in [0.15, 0.2) is 0 Å². The summed E-state index contributed by atoms with van der Waals surface area (Å²) in [5.41, 5.74) is 0.154. The number of esters is 1. The number of carbonyl (C=O) groups excluding carboxylic acids is 1. The Morgan fingerprint density at radius 3 is 2.35 bits per heavy atom. The van der Waals surface area contributed by atoms with Crippen molar-refractivity contribution < 1.29 is 14.6 Å². The van der Waals surface area contributed by atoms with E-state index in [1.807, 2.05) is 27.0 Å². The third-order valence-electron chi connectivity index (χ3n) is 2.60. The van der Waals surface area contributed by atoms with E-state index in [9.17, 15) is 9.90 Å². The maximum Gasteiger partial charge on any atom is 0.335 e. The van der Waals surface area contributed by atoms with Gasteiger partial charge in [0.05, 0.1) is 6.10 Å². The molecule has 98 valence electrons. The average molecular weight is 241 g/mol. The standard InChI is InChI=1S/C13H23NO3/c1-10(12(16)17-13(2,3)4)9-14-7-5-11(15)6-8-14/h9,11,15H,5-8H2,1-4H3. The minimum atomic E-state index is -0.454. The van der Waals surface area contributed by atoms with Gasteiger partial charge < -0.3 is 14.7 Å².